The van der Waals surface area contributed by atoms with Crippen LogP contribution in [0.3, 0.4) is 0 Å². The van der Waals surface area contributed by atoms with Crippen molar-refractivity contribution in [1.82, 2.24) is 4.98 Å². The maximum absolute atomic E-state index is 11.4. The Balaban J connectivity index is 2.72. The van der Waals surface area contributed by atoms with E-state index < -0.39 is 11.5 Å². The number of nitriles is 1. The average molecular weight is 272 g/mol. The first-order valence-corrected chi connectivity index (χ1v) is 5.67. The molecular formula is C13H8N2O3S. The lowest BCUT2D eigenvalue weighted by Gasteiger charge is -2.06. The number of hydrogen-bond donors (Lipinski definition) is 3. The predicted octanol–water partition coefficient (Wildman–Crippen LogP) is 1.90. The quantitative estimate of drug-likeness (QED) is 0.728. The van der Waals surface area contributed by atoms with Crippen LogP contribution in [0, 0.1) is 11.3 Å². The SMILES string of the molecule is N#Cc1c(-c2cccc(C(=O)O)c2)cc(=O)[nH]c1S. The second-order valence-electron chi connectivity index (χ2n) is 3.77. The van der Waals surface area contributed by atoms with Gasteiger partial charge in [0.2, 0.25) is 5.56 Å². The molecule has 1 aromatic heterocycles. The number of carboxylic acids is 1. The van der Waals surface area contributed by atoms with Gasteiger partial charge in [-0.25, -0.2) is 4.79 Å². The number of aromatic amines is 1. The van der Waals surface area contributed by atoms with Crippen molar-refractivity contribution in [3.05, 3.63) is 51.8 Å². The summed E-state index contributed by atoms with van der Waals surface area (Å²) in [5, 5.41) is 18.2. The third-order valence-electron chi connectivity index (χ3n) is 2.56. The molecule has 0 fully saturated rings. The number of hydrogen-bond acceptors (Lipinski definition) is 4. The van der Waals surface area contributed by atoms with E-state index in [4.69, 9.17) is 10.4 Å². The van der Waals surface area contributed by atoms with Gasteiger partial charge in [-0.05, 0) is 17.7 Å². The molecule has 5 nitrogen and oxygen atoms in total. The fourth-order valence-corrected chi connectivity index (χ4v) is 1.99. The van der Waals surface area contributed by atoms with Crippen molar-refractivity contribution in [1.29, 1.82) is 5.26 Å². The first kappa shape index (κ1) is 12.9. The van der Waals surface area contributed by atoms with Crippen LogP contribution in [0.25, 0.3) is 11.1 Å². The zero-order valence-electron chi connectivity index (χ0n) is 9.54. The van der Waals surface area contributed by atoms with E-state index in [9.17, 15) is 9.59 Å². The van der Waals surface area contributed by atoms with Gasteiger partial charge in [0.05, 0.1) is 16.2 Å². The lowest BCUT2D eigenvalue weighted by atomic mass is 10.0. The Labute approximate surface area is 113 Å². The topological polar surface area (TPSA) is 93.9 Å². The van der Waals surface area contributed by atoms with Crippen molar-refractivity contribution in [3.63, 3.8) is 0 Å². The Bertz CT molecular complexity index is 759. The Morgan fingerprint density at radius 2 is 2.11 bits per heavy atom. The molecule has 2 rings (SSSR count). The zero-order valence-corrected chi connectivity index (χ0v) is 10.4. The lowest BCUT2D eigenvalue weighted by molar-refractivity contribution is 0.0697. The van der Waals surface area contributed by atoms with E-state index >= 15 is 0 Å². The smallest absolute Gasteiger partial charge is 0.335 e. The number of pyridine rings is 1. The van der Waals surface area contributed by atoms with Crippen LogP contribution in [0.1, 0.15) is 15.9 Å². The third-order valence-corrected chi connectivity index (χ3v) is 2.89. The molecule has 0 amide bonds. The monoisotopic (exact) mass is 272 g/mol. The Morgan fingerprint density at radius 3 is 2.74 bits per heavy atom. The van der Waals surface area contributed by atoms with Gasteiger partial charge in [-0.1, -0.05) is 12.1 Å². The molecule has 6 heteroatoms. The van der Waals surface area contributed by atoms with Gasteiger partial charge >= 0.3 is 5.97 Å². The summed E-state index contributed by atoms with van der Waals surface area (Å²) in [4.78, 5) is 24.8. The summed E-state index contributed by atoms with van der Waals surface area (Å²) in [5.41, 5.74) is 0.727. The van der Waals surface area contributed by atoms with Crippen molar-refractivity contribution >= 4 is 18.6 Å². The van der Waals surface area contributed by atoms with E-state index in [0.717, 1.165) is 0 Å². The third kappa shape index (κ3) is 2.51. The fraction of sp³-hybridized carbons (Fsp3) is 0. The van der Waals surface area contributed by atoms with Crippen LogP contribution in [-0.2, 0) is 0 Å². The molecule has 0 aliphatic rings. The molecular weight excluding hydrogens is 264 g/mol. The van der Waals surface area contributed by atoms with Gasteiger partial charge in [-0.2, -0.15) is 5.26 Å². The highest BCUT2D eigenvalue weighted by Gasteiger charge is 2.12. The summed E-state index contributed by atoms with van der Waals surface area (Å²) in [6, 6.07) is 9.23. The molecule has 0 atom stereocenters. The maximum Gasteiger partial charge on any atom is 0.335 e. The number of carbonyl (C=O) groups is 1. The van der Waals surface area contributed by atoms with Crippen LogP contribution in [0.15, 0.2) is 40.2 Å². The van der Waals surface area contributed by atoms with Crippen LogP contribution in [0.4, 0.5) is 0 Å². The number of carboxylic acid groups (broad SMARTS) is 1. The Kier molecular flexibility index (Phi) is 3.40. The molecule has 0 aliphatic heterocycles. The lowest BCUT2D eigenvalue weighted by Crippen LogP contribution is -2.07. The fourth-order valence-electron chi connectivity index (χ4n) is 1.71. The van der Waals surface area contributed by atoms with E-state index in [2.05, 4.69) is 17.6 Å². The molecule has 0 unspecified atom stereocenters. The zero-order chi connectivity index (χ0) is 14.0. The first-order valence-electron chi connectivity index (χ1n) is 5.23. The number of aromatic carboxylic acids is 1. The number of thiol groups is 1. The molecule has 19 heavy (non-hydrogen) atoms. The number of benzene rings is 1. The Hall–Kier alpha value is -2.52. The highest BCUT2D eigenvalue weighted by Crippen LogP contribution is 2.25. The van der Waals surface area contributed by atoms with Gasteiger partial charge in [-0.15, -0.1) is 12.6 Å². The average Bonchev–Trinajstić information content (AvgIpc) is 2.38. The highest BCUT2D eigenvalue weighted by atomic mass is 32.1. The second kappa shape index (κ2) is 5.00. The van der Waals surface area contributed by atoms with Crippen LogP contribution < -0.4 is 5.56 Å². The summed E-state index contributed by atoms with van der Waals surface area (Å²) < 4.78 is 0. The second-order valence-corrected chi connectivity index (χ2v) is 4.22. The summed E-state index contributed by atoms with van der Waals surface area (Å²) >= 11 is 4.04. The van der Waals surface area contributed by atoms with Gasteiger partial charge in [-0.3, -0.25) is 4.79 Å². The molecule has 0 aliphatic carbocycles. The van der Waals surface area contributed by atoms with Crippen LogP contribution >= 0.6 is 12.6 Å². The van der Waals surface area contributed by atoms with Crippen LogP contribution in [0.5, 0.6) is 0 Å². The number of H-pyrrole nitrogens is 1. The normalized spacial score (nSPS) is 9.89. The van der Waals surface area contributed by atoms with Gasteiger partial charge in [0.1, 0.15) is 6.07 Å². The molecule has 94 valence electrons. The molecule has 1 aromatic carbocycles. The Morgan fingerprint density at radius 1 is 1.37 bits per heavy atom. The molecule has 0 saturated carbocycles. The van der Waals surface area contributed by atoms with Crippen molar-refractivity contribution < 1.29 is 9.90 Å². The van der Waals surface area contributed by atoms with Crippen molar-refractivity contribution in [2.75, 3.05) is 0 Å². The number of nitrogens with zero attached hydrogens (tertiary/aromatic N) is 1. The van der Waals surface area contributed by atoms with E-state index in [1.54, 1.807) is 12.1 Å². The van der Waals surface area contributed by atoms with E-state index in [0.29, 0.717) is 11.1 Å². The molecule has 0 spiro atoms. The molecule has 0 radical (unpaired) electrons. The minimum atomic E-state index is -1.07. The summed E-state index contributed by atoms with van der Waals surface area (Å²) in [5.74, 6) is -1.07. The van der Waals surface area contributed by atoms with Gasteiger partial charge in [0.25, 0.3) is 0 Å². The summed E-state index contributed by atoms with van der Waals surface area (Å²) in [6.45, 7) is 0. The number of nitrogens with one attached hydrogen (secondary N) is 1. The standard InChI is InChI=1S/C13H8N2O3S/c14-6-10-9(5-11(16)15-12(10)19)7-2-1-3-8(4-7)13(17)18/h1-5H,(H,17,18)(H2,15,16,19). The van der Waals surface area contributed by atoms with Crippen LogP contribution in [0.2, 0.25) is 0 Å². The van der Waals surface area contributed by atoms with Gasteiger partial charge < -0.3 is 10.1 Å². The van der Waals surface area contributed by atoms with E-state index in [1.165, 1.54) is 18.2 Å². The van der Waals surface area contributed by atoms with Crippen molar-refractivity contribution in [3.8, 4) is 17.2 Å². The summed E-state index contributed by atoms with van der Waals surface area (Å²) in [6.07, 6.45) is 0. The van der Waals surface area contributed by atoms with Crippen molar-refractivity contribution in [2.45, 2.75) is 5.03 Å². The van der Waals surface area contributed by atoms with Crippen molar-refractivity contribution in [2.24, 2.45) is 0 Å². The minimum absolute atomic E-state index is 0.0855. The summed E-state index contributed by atoms with van der Waals surface area (Å²) in [7, 11) is 0. The maximum atomic E-state index is 11.4. The van der Waals surface area contributed by atoms with Gasteiger partial charge in [0, 0.05) is 11.6 Å². The number of rotatable bonds is 2. The molecule has 2 N–H and O–H groups in total. The first-order chi connectivity index (χ1) is 9.02. The highest BCUT2D eigenvalue weighted by molar-refractivity contribution is 7.80. The minimum Gasteiger partial charge on any atom is -0.478 e. The molecule has 1 heterocycles. The molecule has 0 bridgehead atoms. The van der Waals surface area contributed by atoms with Crippen LogP contribution in [-0.4, -0.2) is 16.1 Å². The number of aromatic nitrogens is 1. The van der Waals surface area contributed by atoms with E-state index in [1.807, 2.05) is 6.07 Å². The molecule has 0 saturated heterocycles. The van der Waals surface area contributed by atoms with Gasteiger partial charge in [0.15, 0.2) is 0 Å². The van der Waals surface area contributed by atoms with E-state index in [-0.39, 0.29) is 16.2 Å². The molecule has 2 aromatic rings. The largest absolute Gasteiger partial charge is 0.478 e. The predicted molar refractivity (Wildman–Crippen MR) is 71.4 cm³/mol.